The van der Waals surface area contributed by atoms with Crippen LogP contribution in [0, 0.1) is 11.3 Å². The predicted molar refractivity (Wildman–Crippen MR) is 72.4 cm³/mol. The van der Waals surface area contributed by atoms with Crippen molar-refractivity contribution in [3.8, 4) is 0 Å². The van der Waals surface area contributed by atoms with Gasteiger partial charge in [0.2, 0.25) is 5.91 Å². The highest BCUT2D eigenvalue weighted by Gasteiger charge is 2.52. The fourth-order valence-electron chi connectivity index (χ4n) is 3.53. The van der Waals surface area contributed by atoms with E-state index in [1.54, 1.807) is 0 Å². The monoisotopic (exact) mass is 262 g/mol. The molecule has 0 unspecified atom stereocenters. The number of nitrogens with one attached hydrogen (secondary N) is 1. The molecule has 104 valence electrons. The first-order valence-corrected chi connectivity index (χ1v) is 7.16. The van der Waals surface area contributed by atoms with Gasteiger partial charge in [0.05, 0.1) is 11.6 Å². The molecule has 0 aromatic carbocycles. The SMILES string of the molecule is CCn1cc(CN2C[C@@H](C)[C@@]3(CCNC3=O)C2)cn1. The molecule has 2 aliphatic heterocycles. The summed E-state index contributed by atoms with van der Waals surface area (Å²) in [5, 5.41) is 7.31. The molecule has 5 heteroatoms. The predicted octanol–water partition coefficient (Wildman–Crippen LogP) is 0.861. The minimum Gasteiger partial charge on any atom is -0.356 e. The Morgan fingerprint density at radius 3 is 3.05 bits per heavy atom. The summed E-state index contributed by atoms with van der Waals surface area (Å²) >= 11 is 0. The minimum atomic E-state index is -0.138. The quantitative estimate of drug-likeness (QED) is 0.879. The third-order valence-corrected chi connectivity index (χ3v) is 4.71. The van der Waals surface area contributed by atoms with Gasteiger partial charge in [0.1, 0.15) is 0 Å². The number of carbonyl (C=O) groups is 1. The van der Waals surface area contributed by atoms with Crippen molar-refractivity contribution in [1.82, 2.24) is 20.0 Å². The van der Waals surface area contributed by atoms with Crippen molar-refractivity contribution in [1.29, 1.82) is 0 Å². The topological polar surface area (TPSA) is 50.2 Å². The highest BCUT2D eigenvalue weighted by Crippen LogP contribution is 2.42. The second-order valence-corrected chi connectivity index (χ2v) is 5.94. The number of rotatable bonds is 3. The highest BCUT2D eigenvalue weighted by atomic mass is 16.2. The van der Waals surface area contributed by atoms with Gasteiger partial charge < -0.3 is 5.32 Å². The fraction of sp³-hybridized carbons (Fsp3) is 0.714. The van der Waals surface area contributed by atoms with Crippen LogP contribution in [-0.2, 0) is 17.9 Å². The number of hydrogen-bond donors (Lipinski definition) is 1. The van der Waals surface area contributed by atoms with Crippen LogP contribution in [0.2, 0.25) is 0 Å². The molecule has 0 bridgehead atoms. The van der Waals surface area contributed by atoms with Crippen LogP contribution < -0.4 is 5.32 Å². The van der Waals surface area contributed by atoms with E-state index in [1.165, 1.54) is 5.56 Å². The number of aryl methyl sites for hydroxylation is 1. The maximum atomic E-state index is 12.1. The molecule has 2 saturated heterocycles. The average molecular weight is 262 g/mol. The lowest BCUT2D eigenvalue weighted by Crippen LogP contribution is -2.37. The number of likely N-dealkylation sites (tertiary alicyclic amines) is 1. The van der Waals surface area contributed by atoms with Crippen LogP contribution in [0.4, 0.5) is 0 Å². The molecule has 3 rings (SSSR count). The normalized spacial score (nSPS) is 31.3. The molecule has 1 N–H and O–H groups in total. The van der Waals surface area contributed by atoms with E-state index in [0.717, 1.165) is 39.1 Å². The zero-order valence-corrected chi connectivity index (χ0v) is 11.7. The summed E-state index contributed by atoms with van der Waals surface area (Å²) in [6.07, 6.45) is 5.02. The van der Waals surface area contributed by atoms with Gasteiger partial charge in [-0.1, -0.05) is 6.92 Å². The summed E-state index contributed by atoms with van der Waals surface area (Å²) in [7, 11) is 0. The van der Waals surface area contributed by atoms with E-state index in [0.29, 0.717) is 5.92 Å². The summed E-state index contributed by atoms with van der Waals surface area (Å²) < 4.78 is 1.95. The van der Waals surface area contributed by atoms with Gasteiger partial charge in [-0.05, 0) is 19.3 Å². The minimum absolute atomic E-state index is 0.138. The van der Waals surface area contributed by atoms with Crippen molar-refractivity contribution >= 4 is 5.91 Å². The van der Waals surface area contributed by atoms with Crippen LogP contribution in [0.3, 0.4) is 0 Å². The lowest BCUT2D eigenvalue weighted by atomic mass is 9.78. The molecule has 1 spiro atoms. The number of aromatic nitrogens is 2. The third kappa shape index (κ3) is 2.06. The van der Waals surface area contributed by atoms with Gasteiger partial charge in [-0.15, -0.1) is 0 Å². The zero-order valence-electron chi connectivity index (χ0n) is 11.7. The Bertz CT molecular complexity index is 484. The van der Waals surface area contributed by atoms with Gasteiger partial charge in [0.15, 0.2) is 0 Å². The Morgan fingerprint density at radius 2 is 2.42 bits per heavy atom. The Kier molecular flexibility index (Phi) is 3.09. The Hall–Kier alpha value is -1.36. The molecular formula is C14H22N4O. The largest absolute Gasteiger partial charge is 0.356 e. The van der Waals surface area contributed by atoms with Crippen molar-refractivity contribution in [3.63, 3.8) is 0 Å². The average Bonchev–Trinajstić information content (AvgIpc) is 3.05. The lowest BCUT2D eigenvalue weighted by molar-refractivity contribution is -0.128. The van der Waals surface area contributed by atoms with E-state index in [1.807, 2.05) is 10.9 Å². The van der Waals surface area contributed by atoms with Crippen molar-refractivity contribution in [2.45, 2.75) is 33.4 Å². The van der Waals surface area contributed by atoms with Crippen molar-refractivity contribution in [2.75, 3.05) is 19.6 Å². The van der Waals surface area contributed by atoms with E-state index in [2.05, 4.69) is 35.4 Å². The Labute approximate surface area is 114 Å². The summed E-state index contributed by atoms with van der Waals surface area (Å²) in [5.74, 6) is 0.697. The first kappa shape index (κ1) is 12.7. The smallest absolute Gasteiger partial charge is 0.227 e. The van der Waals surface area contributed by atoms with Crippen LogP contribution in [0.1, 0.15) is 25.8 Å². The number of hydrogen-bond acceptors (Lipinski definition) is 3. The molecule has 19 heavy (non-hydrogen) atoms. The van der Waals surface area contributed by atoms with E-state index >= 15 is 0 Å². The second kappa shape index (κ2) is 4.63. The van der Waals surface area contributed by atoms with Gasteiger partial charge in [-0.2, -0.15) is 5.10 Å². The molecule has 2 fully saturated rings. The maximum Gasteiger partial charge on any atom is 0.227 e. The molecule has 0 aliphatic carbocycles. The summed E-state index contributed by atoms with van der Waals surface area (Å²) in [5.41, 5.74) is 1.10. The highest BCUT2D eigenvalue weighted by molar-refractivity contribution is 5.85. The van der Waals surface area contributed by atoms with Gasteiger partial charge in [0.25, 0.3) is 0 Å². The van der Waals surface area contributed by atoms with Crippen LogP contribution in [-0.4, -0.2) is 40.2 Å². The molecule has 2 aliphatic rings. The molecule has 1 aromatic heterocycles. The first-order chi connectivity index (χ1) is 9.14. The number of nitrogens with zero attached hydrogens (tertiary/aromatic N) is 3. The van der Waals surface area contributed by atoms with Crippen molar-refractivity contribution < 1.29 is 4.79 Å². The molecule has 2 atom stereocenters. The van der Waals surface area contributed by atoms with Gasteiger partial charge >= 0.3 is 0 Å². The summed E-state index contributed by atoms with van der Waals surface area (Å²) in [6.45, 7) is 8.84. The molecular weight excluding hydrogens is 240 g/mol. The first-order valence-electron chi connectivity index (χ1n) is 7.16. The van der Waals surface area contributed by atoms with E-state index in [-0.39, 0.29) is 11.3 Å². The third-order valence-electron chi connectivity index (χ3n) is 4.71. The Morgan fingerprint density at radius 1 is 1.58 bits per heavy atom. The van der Waals surface area contributed by atoms with Crippen LogP contribution in [0.15, 0.2) is 12.4 Å². The molecule has 3 heterocycles. The van der Waals surface area contributed by atoms with E-state index in [4.69, 9.17) is 0 Å². The van der Waals surface area contributed by atoms with E-state index in [9.17, 15) is 4.79 Å². The molecule has 0 saturated carbocycles. The van der Waals surface area contributed by atoms with Crippen LogP contribution in [0.5, 0.6) is 0 Å². The van der Waals surface area contributed by atoms with Crippen molar-refractivity contribution in [2.24, 2.45) is 11.3 Å². The van der Waals surface area contributed by atoms with Crippen molar-refractivity contribution in [3.05, 3.63) is 18.0 Å². The zero-order chi connectivity index (χ0) is 13.5. The number of amides is 1. The van der Waals surface area contributed by atoms with E-state index < -0.39 is 0 Å². The van der Waals surface area contributed by atoms with Crippen LogP contribution in [0.25, 0.3) is 0 Å². The second-order valence-electron chi connectivity index (χ2n) is 5.94. The van der Waals surface area contributed by atoms with Gasteiger partial charge in [-0.3, -0.25) is 14.4 Å². The Balaban J connectivity index is 1.69. The molecule has 5 nitrogen and oxygen atoms in total. The van der Waals surface area contributed by atoms with Gasteiger partial charge in [-0.25, -0.2) is 0 Å². The van der Waals surface area contributed by atoms with Gasteiger partial charge in [0, 0.05) is 44.5 Å². The van der Waals surface area contributed by atoms with Crippen LogP contribution >= 0.6 is 0 Å². The standard InChI is InChI=1S/C14H22N4O/c1-3-18-9-12(6-16-18)8-17-7-11(2)14(10-17)4-5-15-13(14)19/h6,9,11H,3-5,7-8,10H2,1-2H3,(H,15,19)/t11-,14-/m1/s1. The molecule has 1 amide bonds. The molecule has 1 aromatic rings. The maximum absolute atomic E-state index is 12.1. The summed E-state index contributed by atoms with van der Waals surface area (Å²) in [6, 6.07) is 0. The summed E-state index contributed by atoms with van der Waals surface area (Å²) in [4.78, 5) is 14.5. The lowest BCUT2D eigenvalue weighted by Gasteiger charge is -2.24. The fourth-order valence-corrected chi connectivity index (χ4v) is 3.53. The molecule has 0 radical (unpaired) electrons. The number of carbonyl (C=O) groups excluding carboxylic acids is 1.